The van der Waals surface area contributed by atoms with E-state index in [1.807, 2.05) is 23.6 Å². The summed E-state index contributed by atoms with van der Waals surface area (Å²) >= 11 is 0. The van der Waals surface area contributed by atoms with Crippen LogP contribution in [0.25, 0.3) is 10.9 Å². The van der Waals surface area contributed by atoms with Crippen molar-refractivity contribution in [3.05, 3.63) is 35.8 Å². The number of rotatable bonds is 3. The van der Waals surface area contributed by atoms with Gasteiger partial charge in [-0.3, -0.25) is 4.79 Å². The first kappa shape index (κ1) is 10.9. The van der Waals surface area contributed by atoms with Crippen molar-refractivity contribution in [3.8, 4) is 0 Å². The number of aromatic nitrogens is 1. The third-order valence-electron chi connectivity index (χ3n) is 2.70. The number of benzene rings is 1. The summed E-state index contributed by atoms with van der Waals surface area (Å²) in [5.41, 5.74) is 1.48. The number of carbonyl (C=O) groups excluding carboxylic acids is 1. The van der Waals surface area contributed by atoms with Gasteiger partial charge in [0.2, 0.25) is 0 Å². The second-order valence-electron chi connectivity index (χ2n) is 3.94. The lowest BCUT2D eigenvalue weighted by Gasteiger charge is -2.06. The van der Waals surface area contributed by atoms with Crippen LogP contribution in [-0.4, -0.2) is 10.4 Å². The third kappa shape index (κ3) is 1.73. The van der Waals surface area contributed by atoms with E-state index in [4.69, 9.17) is 0 Å². The normalized spacial score (nSPS) is 10.9. The van der Waals surface area contributed by atoms with Crippen molar-refractivity contribution in [3.63, 3.8) is 0 Å². The molecular formula is C13H14FNO. The molecule has 1 aromatic carbocycles. The first-order valence-electron chi connectivity index (χ1n) is 5.39. The highest BCUT2D eigenvalue weighted by Gasteiger charge is 2.12. The highest BCUT2D eigenvalue weighted by Crippen LogP contribution is 2.23. The minimum Gasteiger partial charge on any atom is -0.342 e. The van der Waals surface area contributed by atoms with Crippen molar-refractivity contribution in [2.45, 2.75) is 26.8 Å². The van der Waals surface area contributed by atoms with Gasteiger partial charge in [0.15, 0.2) is 0 Å². The molecule has 0 saturated heterocycles. The van der Waals surface area contributed by atoms with E-state index in [9.17, 15) is 9.18 Å². The Morgan fingerprint density at radius 1 is 1.44 bits per heavy atom. The Kier molecular flexibility index (Phi) is 2.77. The molecule has 1 heterocycles. The summed E-state index contributed by atoms with van der Waals surface area (Å²) in [5.74, 6) is -0.132. The van der Waals surface area contributed by atoms with Crippen LogP contribution in [-0.2, 0) is 17.8 Å². The number of carbonyl (C=O) groups is 1. The van der Waals surface area contributed by atoms with Gasteiger partial charge in [-0.05, 0) is 26.0 Å². The zero-order valence-electron chi connectivity index (χ0n) is 9.46. The lowest BCUT2D eigenvalue weighted by molar-refractivity contribution is -0.116. The molecule has 84 valence electrons. The van der Waals surface area contributed by atoms with Crippen LogP contribution in [0.3, 0.4) is 0 Å². The fraction of sp³-hybridized carbons (Fsp3) is 0.308. The fourth-order valence-corrected chi connectivity index (χ4v) is 2.10. The van der Waals surface area contributed by atoms with Crippen LogP contribution in [0.4, 0.5) is 4.39 Å². The molecule has 16 heavy (non-hydrogen) atoms. The van der Waals surface area contributed by atoms with E-state index < -0.39 is 0 Å². The number of halogens is 1. The van der Waals surface area contributed by atoms with Crippen LogP contribution < -0.4 is 0 Å². The van der Waals surface area contributed by atoms with E-state index in [1.54, 1.807) is 13.0 Å². The summed E-state index contributed by atoms with van der Waals surface area (Å²) in [6.45, 7) is 4.18. The summed E-state index contributed by atoms with van der Waals surface area (Å²) in [4.78, 5) is 11.1. The molecule has 0 amide bonds. The number of Topliss-reactive ketones (excluding diaryl/α,β-unsaturated/α-hetero) is 1. The second kappa shape index (κ2) is 4.08. The smallest absolute Gasteiger partial charge is 0.147 e. The molecule has 0 aliphatic rings. The van der Waals surface area contributed by atoms with Crippen LogP contribution in [0.5, 0.6) is 0 Å². The SMILES string of the molecule is CCn1c(CC(C)=O)cc2cccc(F)c21. The molecular weight excluding hydrogens is 205 g/mol. The molecule has 0 radical (unpaired) electrons. The molecule has 0 unspecified atom stereocenters. The quantitative estimate of drug-likeness (QED) is 0.778. The third-order valence-corrected chi connectivity index (χ3v) is 2.70. The molecule has 0 atom stereocenters. The Morgan fingerprint density at radius 3 is 2.81 bits per heavy atom. The minimum absolute atomic E-state index is 0.0953. The Bertz CT molecular complexity index is 542. The molecule has 2 rings (SSSR count). The van der Waals surface area contributed by atoms with Crippen LogP contribution in [0.2, 0.25) is 0 Å². The molecule has 0 N–H and O–H groups in total. The van der Waals surface area contributed by atoms with Crippen LogP contribution in [0.15, 0.2) is 24.3 Å². The van der Waals surface area contributed by atoms with Gasteiger partial charge in [-0.25, -0.2) is 4.39 Å². The van der Waals surface area contributed by atoms with Gasteiger partial charge in [-0.15, -0.1) is 0 Å². The summed E-state index contributed by atoms with van der Waals surface area (Å²) < 4.78 is 15.5. The van der Waals surface area contributed by atoms with E-state index in [1.165, 1.54) is 6.07 Å². The zero-order valence-corrected chi connectivity index (χ0v) is 9.46. The van der Waals surface area contributed by atoms with Gasteiger partial charge in [0, 0.05) is 24.0 Å². The molecule has 2 nitrogen and oxygen atoms in total. The molecule has 2 aromatic rings. The number of nitrogens with zero attached hydrogens (tertiary/aromatic N) is 1. The Balaban J connectivity index is 2.67. The van der Waals surface area contributed by atoms with Gasteiger partial charge in [0.05, 0.1) is 5.52 Å². The van der Waals surface area contributed by atoms with E-state index in [2.05, 4.69) is 0 Å². The van der Waals surface area contributed by atoms with Crippen molar-refractivity contribution < 1.29 is 9.18 Å². The van der Waals surface area contributed by atoms with Crippen molar-refractivity contribution in [2.75, 3.05) is 0 Å². The van der Waals surface area contributed by atoms with Crippen LogP contribution in [0, 0.1) is 5.82 Å². The number of ketones is 1. The number of aryl methyl sites for hydroxylation is 1. The maximum Gasteiger partial charge on any atom is 0.147 e. The first-order chi connectivity index (χ1) is 7.63. The molecule has 0 saturated carbocycles. The monoisotopic (exact) mass is 219 g/mol. The van der Waals surface area contributed by atoms with Gasteiger partial charge < -0.3 is 4.57 Å². The maximum atomic E-state index is 13.7. The van der Waals surface area contributed by atoms with Crippen LogP contribution >= 0.6 is 0 Å². The number of fused-ring (bicyclic) bond motifs is 1. The predicted molar refractivity (Wildman–Crippen MR) is 62.0 cm³/mol. The molecule has 0 spiro atoms. The van der Waals surface area contributed by atoms with Gasteiger partial charge in [-0.2, -0.15) is 0 Å². The zero-order chi connectivity index (χ0) is 11.7. The topological polar surface area (TPSA) is 22.0 Å². The Morgan fingerprint density at radius 2 is 2.19 bits per heavy atom. The highest BCUT2D eigenvalue weighted by molar-refractivity contribution is 5.85. The number of hydrogen-bond acceptors (Lipinski definition) is 1. The van der Waals surface area contributed by atoms with Gasteiger partial charge in [-0.1, -0.05) is 12.1 Å². The molecule has 3 heteroatoms. The van der Waals surface area contributed by atoms with E-state index in [0.29, 0.717) is 18.5 Å². The lowest BCUT2D eigenvalue weighted by Crippen LogP contribution is -2.05. The maximum absolute atomic E-state index is 13.7. The average Bonchev–Trinajstić information content (AvgIpc) is 2.55. The molecule has 1 aromatic heterocycles. The van der Waals surface area contributed by atoms with E-state index in [-0.39, 0.29) is 11.6 Å². The fourth-order valence-electron chi connectivity index (χ4n) is 2.10. The minimum atomic E-state index is -0.228. The molecule has 0 fully saturated rings. The van der Waals surface area contributed by atoms with E-state index in [0.717, 1.165) is 11.1 Å². The summed E-state index contributed by atoms with van der Waals surface area (Å²) in [6, 6.07) is 6.90. The highest BCUT2D eigenvalue weighted by atomic mass is 19.1. The number of hydrogen-bond donors (Lipinski definition) is 0. The van der Waals surface area contributed by atoms with Gasteiger partial charge >= 0.3 is 0 Å². The molecule has 0 bridgehead atoms. The van der Waals surface area contributed by atoms with Gasteiger partial charge in [0.25, 0.3) is 0 Å². The Labute approximate surface area is 93.7 Å². The molecule has 0 aliphatic carbocycles. The lowest BCUT2D eigenvalue weighted by atomic mass is 10.2. The molecule has 0 aliphatic heterocycles. The van der Waals surface area contributed by atoms with Crippen molar-refractivity contribution in [1.82, 2.24) is 4.57 Å². The van der Waals surface area contributed by atoms with Crippen molar-refractivity contribution in [1.29, 1.82) is 0 Å². The second-order valence-corrected chi connectivity index (χ2v) is 3.94. The van der Waals surface area contributed by atoms with Crippen LogP contribution in [0.1, 0.15) is 19.5 Å². The van der Waals surface area contributed by atoms with Gasteiger partial charge in [0.1, 0.15) is 11.6 Å². The van der Waals surface area contributed by atoms with E-state index >= 15 is 0 Å². The largest absolute Gasteiger partial charge is 0.342 e. The Hall–Kier alpha value is -1.64. The van der Waals surface area contributed by atoms with Crippen molar-refractivity contribution >= 4 is 16.7 Å². The standard InChI is InChI=1S/C13H14FNO/c1-3-15-11(7-9(2)16)8-10-5-4-6-12(14)13(10)15/h4-6,8H,3,7H2,1-2H3. The summed E-state index contributed by atoms with van der Waals surface area (Å²) in [7, 11) is 0. The average molecular weight is 219 g/mol. The first-order valence-corrected chi connectivity index (χ1v) is 5.39. The summed E-state index contributed by atoms with van der Waals surface area (Å²) in [5, 5.41) is 0.859. The number of para-hydroxylation sites is 1. The summed E-state index contributed by atoms with van der Waals surface area (Å²) in [6.07, 6.45) is 0.363. The predicted octanol–water partition coefficient (Wildman–Crippen LogP) is 2.93. The van der Waals surface area contributed by atoms with Crippen molar-refractivity contribution in [2.24, 2.45) is 0 Å².